The van der Waals surface area contributed by atoms with Gasteiger partial charge in [-0.15, -0.1) is 22.7 Å². The predicted molar refractivity (Wildman–Crippen MR) is 74.7 cm³/mol. The molecule has 4 rings (SSSR count). The van der Waals surface area contributed by atoms with E-state index >= 15 is 0 Å². The second-order valence-electron chi connectivity index (χ2n) is 3.87. The molecule has 0 aliphatic heterocycles. The summed E-state index contributed by atoms with van der Waals surface area (Å²) in [6, 6.07) is 15.4. The normalized spacial score (nSPS) is 11.8. The number of rotatable bonds is 0. The molecule has 76 valence electrons. The molecule has 4 aromatic rings. The van der Waals surface area contributed by atoms with Crippen LogP contribution in [0.4, 0.5) is 0 Å². The molecule has 0 saturated carbocycles. The van der Waals surface area contributed by atoms with E-state index in [-0.39, 0.29) is 0 Å². The largest absolute Gasteiger partial charge is 0.144 e. The maximum Gasteiger partial charge on any atom is 0.0362 e. The molecular weight excluding hydrogens is 232 g/mol. The monoisotopic (exact) mass is 240 g/mol. The van der Waals surface area contributed by atoms with Crippen LogP contribution in [-0.2, 0) is 0 Å². The Morgan fingerprint density at radius 2 is 1.50 bits per heavy atom. The summed E-state index contributed by atoms with van der Waals surface area (Å²) in [7, 11) is 0. The van der Waals surface area contributed by atoms with Gasteiger partial charge in [0.1, 0.15) is 0 Å². The van der Waals surface area contributed by atoms with Crippen LogP contribution in [0.1, 0.15) is 0 Å². The zero-order chi connectivity index (χ0) is 10.5. The van der Waals surface area contributed by atoms with Crippen molar-refractivity contribution in [3.63, 3.8) is 0 Å². The minimum Gasteiger partial charge on any atom is -0.144 e. The fourth-order valence-corrected chi connectivity index (χ4v) is 4.18. The highest BCUT2D eigenvalue weighted by atomic mass is 32.1. The Morgan fingerprint density at radius 3 is 2.50 bits per heavy atom. The SMILES string of the molecule is c1ccc2c(c1)sc1ccc3sccc3c12. The molecule has 0 saturated heterocycles. The van der Waals surface area contributed by atoms with Crippen LogP contribution in [0.25, 0.3) is 30.3 Å². The van der Waals surface area contributed by atoms with Crippen LogP contribution in [0.5, 0.6) is 0 Å². The number of hydrogen-bond donors (Lipinski definition) is 0. The van der Waals surface area contributed by atoms with Crippen molar-refractivity contribution < 1.29 is 0 Å². The standard InChI is InChI=1S/C14H8S2/c1-2-4-12-9(3-1)14-10-7-8-15-11(10)5-6-13(14)16-12/h1-8H. The maximum atomic E-state index is 2.25. The third kappa shape index (κ3) is 1.03. The average Bonchev–Trinajstić information content (AvgIpc) is 2.91. The van der Waals surface area contributed by atoms with Gasteiger partial charge in [0.05, 0.1) is 0 Å². The Hall–Kier alpha value is -1.38. The summed E-state index contributed by atoms with van der Waals surface area (Å²) < 4.78 is 4.17. The van der Waals surface area contributed by atoms with Crippen LogP contribution >= 0.6 is 22.7 Å². The fraction of sp³-hybridized carbons (Fsp3) is 0. The number of benzene rings is 2. The van der Waals surface area contributed by atoms with Crippen molar-refractivity contribution in [3.8, 4) is 0 Å². The Bertz CT molecular complexity index is 805. The molecule has 0 nitrogen and oxygen atoms in total. The van der Waals surface area contributed by atoms with Gasteiger partial charge in [0, 0.05) is 30.3 Å². The van der Waals surface area contributed by atoms with Crippen molar-refractivity contribution >= 4 is 52.9 Å². The molecule has 0 radical (unpaired) electrons. The van der Waals surface area contributed by atoms with Gasteiger partial charge >= 0.3 is 0 Å². The molecule has 2 aromatic carbocycles. The van der Waals surface area contributed by atoms with Gasteiger partial charge in [-0.1, -0.05) is 18.2 Å². The van der Waals surface area contributed by atoms with E-state index in [2.05, 4.69) is 47.8 Å². The highest BCUT2D eigenvalue weighted by Gasteiger charge is 2.08. The van der Waals surface area contributed by atoms with Crippen molar-refractivity contribution in [2.24, 2.45) is 0 Å². The van der Waals surface area contributed by atoms with Crippen LogP contribution < -0.4 is 0 Å². The van der Waals surface area contributed by atoms with Gasteiger partial charge in [-0.05, 0) is 29.6 Å². The third-order valence-electron chi connectivity index (χ3n) is 2.97. The van der Waals surface area contributed by atoms with Gasteiger partial charge in [0.2, 0.25) is 0 Å². The van der Waals surface area contributed by atoms with Crippen molar-refractivity contribution in [1.29, 1.82) is 0 Å². The highest BCUT2D eigenvalue weighted by Crippen LogP contribution is 2.39. The number of hydrogen-bond acceptors (Lipinski definition) is 2. The summed E-state index contributed by atoms with van der Waals surface area (Å²) >= 11 is 3.70. The Morgan fingerprint density at radius 1 is 0.688 bits per heavy atom. The van der Waals surface area contributed by atoms with E-state index in [1.807, 2.05) is 22.7 Å². The fourth-order valence-electron chi connectivity index (χ4n) is 2.27. The molecule has 2 heterocycles. The molecular formula is C14H8S2. The molecule has 2 heteroatoms. The summed E-state index contributed by atoms with van der Waals surface area (Å²) in [5, 5.41) is 6.40. The van der Waals surface area contributed by atoms with Crippen LogP contribution in [0.2, 0.25) is 0 Å². The summed E-state index contributed by atoms with van der Waals surface area (Å²) in [5.41, 5.74) is 0. The lowest BCUT2D eigenvalue weighted by Crippen LogP contribution is -1.67. The quantitative estimate of drug-likeness (QED) is 0.393. The van der Waals surface area contributed by atoms with E-state index in [0.717, 1.165) is 0 Å². The van der Waals surface area contributed by atoms with Gasteiger partial charge in [0.25, 0.3) is 0 Å². The van der Waals surface area contributed by atoms with E-state index in [9.17, 15) is 0 Å². The Kier molecular flexibility index (Phi) is 1.67. The van der Waals surface area contributed by atoms with Crippen LogP contribution in [0.15, 0.2) is 47.8 Å². The van der Waals surface area contributed by atoms with Gasteiger partial charge in [-0.2, -0.15) is 0 Å². The van der Waals surface area contributed by atoms with Gasteiger partial charge in [0.15, 0.2) is 0 Å². The van der Waals surface area contributed by atoms with Crippen LogP contribution in [0.3, 0.4) is 0 Å². The molecule has 0 amide bonds. The molecule has 0 aliphatic rings. The first-order valence-corrected chi connectivity index (χ1v) is 6.90. The Labute approximate surface area is 101 Å². The van der Waals surface area contributed by atoms with Crippen molar-refractivity contribution in [1.82, 2.24) is 0 Å². The summed E-state index contributed by atoms with van der Waals surface area (Å²) in [6.07, 6.45) is 0. The van der Waals surface area contributed by atoms with Gasteiger partial charge in [-0.25, -0.2) is 0 Å². The molecule has 16 heavy (non-hydrogen) atoms. The van der Waals surface area contributed by atoms with Crippen molar-refractivity contribution in [2.75, 3.05) is 0 Å². The lowest BCUT2D eigenvalue weighted by Gasteiger charge is -1.93. The molecule has 0 aliphatic carbocycles. The minimum atomic E-state index is 1.39. The van der Waals surface area contributed by atoms with Gasteiger partial charge in [-0.3, -0.25) is 0 Å². The van der Waals surface area contributed by atoms with Crippen LogP contribution in [-0.4, -0.2) is 0 Å². The number of fused-ring (bicyclic) bond motifs is 5. The van der Waals surface area contributed by atoms with E-state index in [1.165, 1.54) is 30.3 Å². The van der Waals surface area contributed by atoms with E-state index in [0.29, 0.717) is 0 Å². The zero-order valence-corrected chi connectivity index (χ0v) is 10.1. The Balaban J connectivity index is 2.42. The topological polar surface area (TPSA) is 0 Å². The molecule has 0 fully saturated rings. The predicted octanol–water partition coefficient (Wildman–Crippen LogP) is 5.27. The van der Waals surface area contributed by atoms with Crippen LogP contribution in [0, 0.1) is 0 Å². The summed E-state index contributed by atoms with van der Waals surface area (Å²) in [5.74, 6) is 0. The van der Waals surface area contributed by atoms with E-state index < -0.39 is 0 Å². The first-order valence-electron chi connectivity index (χ1n) is 5.21. The molecule has 0 unspecified atom stereocenters. The lowest BCUT2D eigenvalue weighted by atomic mass is 10.1. The maximum absolute atomic E-state index is 2.25. The lowest BCUT2D eigenvalue weighted by molar-refractivity contribution is 1.87. The first kappa shape index (κ1) is 8.74. The van der Waals surface area contributed by atoms with Crippen molar-refractivity contribution in [2.45, 2.75) is 0 Å². The van der Waals surface area contributed by atoms with E-state index in [4.69, 9.17) is 0 Å². The molecule has 0 atom stereocenters. The minimum absolute atomic E-state index is 1.39. The summed E-state index contributed by atoms with van der Waals surface area (Å²) in [4.78, 5) is 0. The van der Waals surface area contributed by atoms with Gasteiger partial charge < -0.3 is 0 Å². The van der Waals surface area contributed by atoms with Crippen molar-refractivity contribution in [3.05, 3.63) is 47.8 Å². The molecule has 0 N–H and O–H groups in total. The third-order valence-corrected chi connectivity index (χ3v) is 4.99. The zero-order valence-electron chi connectivity index (χ0n) is 8.44. The smallest absolute Gasteiger partial charge is 0.0362 e. The molecule has 0 bridgehead atoms. The highest BCUT2D eigenvalue weighted by molar-refractivity contribution is 7.26. The summed E-state index contributed by atoms with van der Waals surface area (Å²) in [6.45, 7) is 0. The molecule has 0 spiro atoms. The van der Waals surface area contributed by atoms with E-state index in [1.54, 1.807) is 0 Å². The average molecular weight is 240 g/mol. The molecule has 2 aromatic heterocycles. The second kappa shape index (κ2) is 3.06. The second-order valence-corrected chi connectivity index (χ2v) is 5.90. The first-order chi connectivity index (χ1) is 7.93. The number of thiophene rings is 2.